The Morgan fingerprint density at radius 3 is 2.82 bits per heavy atom. The molecule has 0 radical (unpaired) electrons. The summed E-state index contributed by atoms with van der Waals surface area (Å²) in [6.45, 7) is 6.02. The van der Waals surface area contributed by atoms with Crippen molar-refractivity contribution in [3.8, 4) is 5.75 Å². The number of rotatable bonds is 6. The first kappa shape index (κ1) is 12.9. The van der Waals surface area contributed by atoms with Crippen molar-refractivity contribution in [2.45, 2.75) is 13.3 Å². The number of carbonyl (C=O) groups is 1. The fraction of sp³-hybridized carbons (Fsp3) is 0.250. The van der Waals surface area contributed by atoms with Crippen LogP contribution in [0.2, 0.25) is 0 Å². The van der Waals surface area contributed by atoms with Gasteiger partial charge in [0.25, 0.3) is 5.69 Å². The van der Waals surface area contributed by atoms with Crippen LogP contribution in [0, 0.1) is 10.1 Å². The summed E-state index contributed by atoms with van der Waals surface area (Å²) < 4.78 is 5.36. The third-order valence-electron chi connectivity index (χ3n) is 2.26. The van der Waals surface area contributed by atoms with E-state index in [-0.39, 0.29) is 11.3 Å². The minimum Gasteiger partial charge on any atom is -0.489 e. The summed E-state index contributed by atoms with van der Waals surface area (Å²) in [5.74, 6) is 0.334. The molecule has 0 N–H and O–H groups in total. The van der Waals surface area contributed by atoms with Crippen molar-refractivity contribution in [1.82, 2.24) is 0 Å². The lowest BCUT2D eigenvalue weighted by Crippen LogP contribution is -2.02. The second-order valence-corrected chi connectivity index (χ2v) is 3.49. The molecule has 0 bridgehead atoms. The number of hydrogen-bond donors (Lipinski definition) is 0. The van der Waals surface area contributed by atoms with Crippen LogP contribution in [0.4, 0.5) is 5.69 Å². The molecule has 0 fully saturated rings. The van der Waals surface area contributed by atoms with Gasteiger partial charge in [0.2, 0.25) is 0 Å². The molecule has 1 aromatic carbocycles. The lowest BCUT2D eigenvalue weighted by Gasteiger charge is -2.08. The zero-order valence-corrected chi connectivity index (χ0v) is 9.51. The van der Waals surface area contributed by atoms with E-state index < -0.39 is 4.92 Å². The molecule has 0 spiro atoms. The van der Waals surface area contributed by atoms with E-state index in [2.05, 4.69) is 6.58 Å². The third kappa shape index (κ3) is 3.41. The molecule has 0 heterocycles. The van der Waals surface area contributed by atoms with Crippen LogP contribution in [-0.4, -0.2) is 17.8 Å². The molecule has 5 heteroatoms. The second-order valence-electron chi connectivity index (χ2n) is 3.49. The van der Waals surface area contributed by atoms with Crippen molar-refractivity contribution >= 4 is 12.0 Å². The minimum absolute atomic E-state index is 0.131. The van der Waals surface area contributed by atoms with Crippen molar-refractivity contribution in [3.05, 3.63) is 46.0 Å². The van der Waals surface area contributed by atoms with Crippen molar-refractivity contribution in [3.63, 3.8) is 0 Å². The predicted molar refractivity (Wildman–Crippen MR) is 63.4 cm³/mol. The Bertz CT molecular complexity index is 454. The van der Waals surface area contributed by atoms with Gasteiger partial charge in [-0.15, -0.1) is 0 Å². The van der Waals surface area contributed by atoms with Crippen LogP contribution in [-0.2, 0) is 0 Å². The maximum Gasteiger partial charge on any atom is 0.270 e. The monoisotopic (exact) mass is 235 g/mol. The lowest BCUT2D eigenvalue weighted by atomic mass is 10.2. The summed E-state index contributed by atoms with van der Waals surface area (Å²) in [6.07, 6.45) is 1.32. The van der Waals surface area contributed by atoms with E-state index in [1.54, 1.807) is 0 Å². The number of benzene rings is 1. The van der Waals surface area contributed by atoms with Crippen molar-refractivity contribution in [2.75, 3.05) is 6.61 Å². The van der Waals surface area contributed by atoms with E-state index in [9.17, 15) is 14.9 Å². The molecule has 0 atom stereocenters. The number of hydrogen-bond acceptors (Lipinski definition) is 4. The zero-order valence-electron chi connectivity index (χ0n) is 9.51. The van der Waals surface area contributed by atoms with E-state index in [1.807, 2.05) is 6.92 Å². The van der Waals surface area contributed by atoms with Crippen LogP contribution in [0.15, 0.2) is 30.4 Å². The molecule has 5 nitrogen and oxygen atoms in total. The summed E-state index contributed by atoms with van der Waals surface area (Å²) in [5, 5.41) is 10.5. The van der Waals surface area contributed by atoms with Gasteiger partial charge in [-0.1, -0.05) is 13.5 Å². The largest absolute Gasteiger partial charge is 0.489 e. The number of aldehydes is 1. The van der Waals surface area contributed by atoms with Crippen LogP contribution < -0.4 is 4.74 Å². The molecule has 1 rings (SSSR count). The van der Waals surface area contributed by atoms with E-state index in [0.717, 1.165) is 12.0 Å². The highest BCUT2D eigenvalue weighted by Crippen LogP contribution is 2.23. The molecule has 0 saturated carbocycles. The van der Waals surface area contributed by atoms with Gasteiger partial charge in [-0.05, 0) is 18.1 Å². The first-order valence-electron chi connectivity index (χ1n) is 5.11. The van der Waals surface area contributed by atoms with Crippen molar-refractivity contribution in [2.24, 2.45) is 0 Å². The molecule has 0 aliphatic heterocycles. The number of nitrogens with zero attached hydrogens (tertiary/aromatic N) is 1. The SMILES string of the molecule is C=C(CC)COc1ccc([N+](=O)[O-])cc1C=O. The summed E-state index contributed by atoms with van der Waals surface area (Å²) in [6, 6.07) is 3.92. The van der Waals surface area contributed by atoms with Gasteiger partial charge in [0.15, 0.2) is 6.29 Å². The molecule has 1 aromatic rings. The Morgan fingerprint density at radius 1 is 1.59 bits per heavy atom. The molecule has 0 amide bonds. The van der Waals surface area contributed by atoms with Crippen LogP contribution in [0.25, 0.3) is 0 Å². The maximum atomic E-state index is 10.8. The zero-order chi connectivity index (χ0) is 12.8. The van der Waals surface area contributed by atoms with Crippen LogP contribution >= 0.6 is 0 Å². The first-order chi connectivity index (χ1) is 8.08. The Labute approximate surface area is 98.9 Å². The average Bonchev–Trinajstić information content (AvgIpc) is 2.35. The van der Waals surface area contributed by atoms with Gasteiger partial charge in [-0.3, -0.25) is 14.9 Å². The molecule has 0 aliphatic carbocycles. The average molecular weight is 235 g/mol. The van der Waals surface area contributed by atoms with Crippen molar-refractivity contribution < 1.29 is 14.5 Å². The summed E-state index contributed by atoms with van der Waals surface area (Å²) in [5.41, 5.74) is 0.928. The van der Waals surface area contributed by atoms with Crippen LogP contribution in [0.5, 0.6) is 5.75 Å². The highest BCUT2D eigenvalue weighted by Gasteiger charge is 2.11. The van der Waals surface area contributed by atoms with E-state index in [1.165, 1.54) is 18.2 Å². The molecular weight excluding hydrogens is 222 g/mol. The van der Waals surface area contributed by atoms with E-state index in [4.69, 9.17) is 4.74 Å². The first-order valence-corrected chi connectivity index (χ1v) is 5.11. The molecule has 17 heavy (non-hydrogen) atoms. The normalized spacial score (nSPS) is 9.71. The van der Waals surface area contributed by atoms with Gasteiger partial charge in [0.05, 0.1) is 10.5 Å². The minimum atomic E-state index is -0.554. The van der Waals surface area contributed by atoms with Gasteiger partial charge in [-0.2, -0.15) is 0 Å². The van der Waals surface area contributed by atoms with Crippen LogP contribution in [0.3, 0.4) is 0 Å². The topological polar surface area (TPSA) is 69.4 Å². The number of nitro groups is 1. The molecule has 0 saturated heterocycles. The number of carbonyl (C=O) groups excluding carboxylic acids is 1. The third-order valence-corrected chi connectivity index (χ3v) is 2.26. The molecule has 0 aliphatic rings. The molecular formula is C12H13NO4. The Morgan fingerprint density at radius 2 is 2.29 bits per heavy atom. The lowest BCUT2D eigenvalue weighted by molar-refractivity contribution is -0.384. The Kier molecular flexibility index (Phi) is 4.39. The standard InChI is InChI=1S/C12H13NO4/c1-3-9(2)8-17-12-5-4-11(13(15)16)6-10(12)7-14/h4-7H,2-3,8H2,1H3. The fourth-order valence-electron chi connectivity index (χ4n) is 1.15. The van der Waals surface area contributed by atoms with Gasteiger partial charge < -0.3 is 4.74 Å². The fourth-order valence-corrected chi connectivity index (χ4v) is 1.15. The summed E-state index contributed by atoms with van der Waals surface area (Å²) >= 11 is 0. The second kappa shape index (κ2) is 5.79. The quantitative estimate of drug-likeness (QED) is 0.329. The Hall–Kier alpha value is -2.17. The summed E-state index contributed by atoms with van der Waals surface area (Å²) in [7, 11) is 0. The predicted octanol–water partition coefficient (Wildman–Crippen LogP) is 2.75. The maximum absolute atomic E-state index is 10.8. The van der Waals surface area contributed by atoms with Gasteiger partial charge >= 0.3 is 0 Å². The number of nitro benzene ring substituents is 1. The van der Waals surface area contributed by atoms with Crippen LogP contribution in [0.1, 0.15) is 23.7 Å². The molecule has 0 aromatic heterocycles. The molecule has 90 valence electrons. The Balaban J connectivity index is 2.89. The van der Waals surface area contributed by atoms with E-state index in [0.29, 0.717) is 18.6 Å². The summed E-state index contributed by atoms with van der Waals surface area (Å²) in [4.78, 5) is 20.8. The van der Waals surface area contributed by atoms with Crippen molar-refractivity contribution in [1.29, 1.82) is 0 Å². The number of non-ortho nitro benzene ring substituents is 1. The highest BCUT2D eigenvalue weighted by molar-refractivity contribution is 5.80. The number of ether oxygens (including phenoxy) is 1. The van der Waals surface area contributed by atoms with Gasteiger partial charge in [0, 0.05) is 12.1 Å². The van der Waals surface area contributed by atoms with Gasteiger partial charge in [0.1, 0.15) is 12.4 Å². The smallest absolute Gasteiger partial charge is 0.270 e. The molecule has 0 unspecified atom stereocenters. The highest BCUT2D eigenvalue weighted by atomic mass is 16.6. The van der Waals surface area contributed by atoms with E-state index >= 15 is 0 Å². The van der Waals surface area contributed by atoms with Gasteiger partial charge in [-0.25, -0.2) is 0 Å².